The average Bonchev–Trinajstić information content (AvgIpc) is 3.41. The Labute approximate surface area is 280 Å². The molecule has 0 aromatic heterocycles. The Hall–Kier alpha value is -2.57. The maximum atomic E-state index is 6.40. The van der Waals surface area contributed by atoms with Crippen LogP contribution in [0.1, 0.15) is 94.1 Å². The van der Waals surface area contributed by atoms with Gasteiger partial charge in [-0.2, -0.15) is 0 Å². The zero-order valence-corrected chi connectivity index (χ0v) is 28.8. The van der Waals surface area contributed by atoms with Crippen LogP contribution in [0.2, 0.25) is 10.0 Å². The standard InChI is InChI=1S/C38H48Cl2N4O/c1-5-45-34-25-29(38(2,3)4)13-18-33(34)37-41-35(27-9-14-30(39)15-10-27)36(28-11-16-31(40)17-12-28)44(37)26-42-23-19-32(20-24-42)43-21-7-6-8-22-43/h9-18,25,32,35-36H,5-8,19-24,26H2,1-4H3/t35-,36+/m0/s1. The lowest BCUT2D eigenvalue weighted by Crippen LogP contribution is -2.50. The lowest BCUT2D eigenvalue weighted by Gasteiger charge is -2.42. The van der Waals surface area contributed by atoms with Crippen molar-refractivity contribution in [2.45, 2.75) is 83.3 Å². The van der Waals surface area contributed by atoms with Gasteiger partial charge in [-0.05, 0) is 104 Å². The van der Waals surface area contributed by atoms with Gasteiger partial charge in [-0.3, -0.25) is 9.89 Å². The summed E-state index contributed by atoms with van der Waals surface area (Å²) in [5.41, 5.74) is 4.66. The van der Waals surface area contributed by atoms with Crippen molar-refractivity contribution in [1.29, 1.82) is 0 Å². The first-order valence-corrected chi connectivity index (χ1v) is 17.6. The Kier molecular flexibility index (Phi) is 10.1. The van der Waals surface area contributed by atoms with Crippen molar-refractivity contribution >= 4 is 29.0 Å². The van der Waals surface area contributed by atoms with Gasteiger partial charge in [-0.1, -0.05) is 80.7 Å². The van der Waals surface area contributed by atoms with Crippen LogP contribution in [0.25, 0.3) is 0 Å². The van der Waals surface area contributed by atoms with Crippen LogP contribution < -0.4 is 4.74 Å². The van der Waals surface area contributed by atoms with Gasteiger partial charge in [0.25, 0.3) is 0 Å². The number of ether oxygens (including phenoxy) is 1. The molecule has 7 heteroatoms. The minimum Gasteiger partial charge on any atom is -0.493 e. The predicted molar refractivity (Wildman–Crippen MR) is 188 cm³/mol. The molecule has 6 rings (SSSR count). The maximum Gasteiger partial charge on any atom is 0.137 e. The third kappa shape index (κ3) is 7.38. The topological polar surface area (TPSA) is 31.3 Å². The number of piperidine rings is 2. The van der Waals surface area contributed by atoms with Crippen molar-refractivity contribution in [3.63, 3.8) is 0 Å². The molecule has 5 nitrogen and oxygen atoms in total. The highest BCUT2D eigenvalue weighted by Gasteiger charge is 2.41. The van der Waals surface area contributed by atoms with Crippen molar-refractivity contribution in [2.24, 2.45) is 4.99 Å². The molecule has 3 aliphatic heterocycles. The summed E-state index contributed by atoms with van der Waals surface area (Å²) in [5, 5.41) is 1.47. The van der Waals surface area contributed by atoms with E-state index in [0.29, 0.717) is 12.6 Å². The number of halogens is 2. The molecule has 2 atom stereocenters. The number of likely N-dealkylation sites (tertiary alicyclic amines) is 2. The molecule has 240 valence electrons. The lowest BCUT2D eigenvalue weighted by atomic mass is 9.86. The van der Waals surface area contributed by atoms with Gasteiger partial charge >= 0.3 is 0 Å². The first-order chi connectivity index (χ1) is 21.7. The van der Waals surface area contributed by atoms with E-state index in [1.807, 2.05) is 24.3 Å². The fraction of sp³-hybridized carbons (Fsp3) is 0.500. The molecule has 45 heavy (non-hydrogen) atoms. The van der Waals surface area contributed by atoms with Crippen LogP contribution in [-0.2, 0) is 5.41 Å². The summed E-state index contributed by atoms with van der Waals surface area (Å²) in [6.45, 7) is 14.9. The monoisotopic (exact) mass is 646 g/mol. The Morgan fingerprint density at radius 1 is 0.800 bits per heavy atom. The summed E-state index contributed by atoms with van der Waals surface area (Å²) >= 11 is 12.8. The van der Waals surface area contributed by atoms with E-state index < -0.39 is 0 Å². The molecule has 3 aliphatic rings. The van der Waals surface area contributed by atoms with Crippen LogP contribution in [0.15, 0.2) is 71.7 Å². The van der Waals surface area contributed by atoms with Crippen molar-refractivity contribution < 1.29 is 4.74 Å². The summed E-state index contributed by atoms with van der Waals surface area (Å²) in [5.74, 6) is 1.88. The second-order valence-corrected chi connectivity index (χ2v) is 14.8. The minimum absolute atomic E-state index is 0.00460. The highest BCUT2D eigenvalue weighted by Crippen LogP contribution is 2.45. The molecule has 0 N–H and O–H groups in total. The fourth-order valence-corrected chi connectivity index (χ4v) is 7.52. The molecule has 2 fully saturated rings. The largest absolute Gasteiger partial charge is 0.493 e. The second-order valence-electron chi connectivity index (χ2n) is 13.9. The zero-order chi connectivity index (χ0) is 31.6. The van der Waals surface area contributed by atoms with Crippen LogP contribution >= 0.6 is 23.2 Å². The van der Waals surface area contributed by atoms with Crippen LogP contribution in [0.4, 0.5) is 0 Å². The van der Waals surface area contributed by atoms with E-state index >= 15 is 0 Å². The summed E-state index contributed by atoms with van der Waals surface area (Å²) in [7, 11) is 0. The summed E-state index contributed by atoms with van der Waals surface area (Å²) in [6, 6.07) is 23.8. The van der Waals surface area contributed by atoms with Crippen LogP contribution in [0, 0.1) is 0 Å². The van der Waals surface area contributed by atoms with Crippen molar-refractivity contribution in [2.75, 3.05) is 39.5 Å². The molecule has 2 saturated heterocycles. The highest BCUT2D eigenvalue weighted by atomic mass is 35.5. The lowest BCUT2D eigenvalue weighted by molar-refractivity contribution is 0.0682. The molecule has 0 radical (unpaired) electrons. The SMILES string of the molecule is CCOc1cc(C(C)(C)C)ccc1C1=N[C@@H](c2ccc(Cl)cc2)[C@@H](c2ccc(Cl)cc2)N1CN1CCC(N2CCCCC2)CC1. The summed E-state index contributed by atoms with van der Waals surface area (Å²) < 4.78 is 6.36. The van der Waals surface area contributed by atoms with E-state index in [1.54, 1.807) is 0 Å². The molecular weight excluding hydrogens is 599 g/mol. The molecule has 0 saturated carbocycles. The van der Waals surface area contributed by atoms with Gasteiger partial charge < -0.3 is 14.5 Å². The molecule has 0 amide bonds. The molecule has 0 spiro atoms. The van der Waals surface area contributed by atoms with Gasteiger partial charge in [-0.25, -0.2) is 0 Å². The first-order valence-electron chi connectivity index (χ1n) is 16.8. The Morgan fingerprint density at radius 3 is 2.02 bits per heavy atom. The number of amidine groups is 1. The highest BCUT2D eigenvalue weighted by molar-refractivity contribution is 6.30. The Morgan fingerprint density at radius 2 is 1.42 bits per heavy atom. The Balaban J connectivity index is 1.39. The fourth-order valence-electron chi connectivity index (χ4n) is 7.27. The Bertz CT molecular complexity index is 1450. The molecular formula is C38H48Cl2N4O. The van der Waals surface area contributed by atoms with E-state index in [0.717, 1.165) is 52.5 Å². The smallest absolute Gasteiger partial charge is 0.137 e. The van der Waals surface area contributed by atoms with Crippen molar-refractivity contribution in [1.82, 2.24) is 14.7 Å². The molecule has 3 aromatic rings. The quantitative estimate of drug-likeness (QED) is 0.244. The molecule has 0 aliphatic carbocycles. The van der Waals surface area contributed by atoms with Crippen molar-refractivity contribution in [3.05, 3.63) is 99.0 Å². The van der Waals surface area contributed by atoms with Gasteiger partial charge in [0.2, 0.25) is 0 Å². The van der Waals surface area contributed by atoms with Crippen LogP contribution in [-0.4, -0.2) is 66.0 Å². The third-order valence-electron chi connectivity index (χ3n) is 9.80. The van der Waals surface area contributed by atoms with Crippen LogP contribution in [0.5, 0.6) is 5.75 Å². The second kappa shape index (κ2) is 14.0. The predicted octanol–water partition coefficient (Wildman–Crippen LogP) is 9.14. The van der Waals surface area contributed by atoms with E-state index in [2.05, 4.69) is 84.9 Å². The van der Waals surface area contributed by atoms with Gasteiger partial charge in [0, 0.05) is 29.2 Å². The number of rotatable bonds is 8. The van der Waals surface area contributed by atoms with E-state index in [4.69, 9.17) is 32.9 Å². The summed E-state index contributed by atoms with van der Waals surface area (Å²) in [6.07, 6.45) is 6.51. The zero-order valence-electron chi connectivity index (χ0n) is 27.3. The number of hydrogen-bond donors (Lipinski definition) is 0. The van der Waals surface area contributed by atoms with Gasteiger partial charge in [0.1, 0.15) is 17.6 Å². The molecule has 0 bridgehead atoms. The van der Waals surface area contributed by atoms with Crippen LogP contribution in [0.3, 0.4) is 0 Å². The van der Waals surface area contributed by atoms with Gasteiger partial charge in [0.15, 0.2) is 0 Å². The average molecular weight is 648 g/mol. The van der Waals surface area contributed by atoms with Gasteiger partial charge in [-0.15, -0.1) is 0 Å². The van der Waals surface area contributed by atoms with E-state index in [1.165, 1.54) is 56.3 Å². The number of benzene rings is 3. The number of nitrogens with zero attached hydrogens (tertiary/aromatic N) is 4. The summed E-state index contributed by atoms with van der Waals surface area (Å²) in [4.78, 5) is 13.5. The molecule has 3 heterocycles. The molecule has 0 unspecified atom stereocenters. The molecule has 3 aromatic carbocycles. The normalized spacial score (nSPS) is 22.1. The number of aliphatic imine (C=N–C) groups is 1. The first kappa shape index (κ1) is 32.4. The minimum atomic E-state index is -0.110. The van der Waals surface area contributed by atoms with Crippen molar-refractivity contribution in [3.8, 4) is 5.75 Å². The van der Waals surface area contributed by atoms with Gasteiger partial charge in [0.05, 0.1) is 24.9 Å². The number of hydrogen-bond acceptors (Lipinski definition) is 5. The maximum absolute atomic E-state index is 6.40. The third-order valence-corrected chi connectivity index (χ3v) is 10.3. The van der Waals surface area contributed by atoms with E-state index in [9.17, 15) is 0 Å². The van der Waals surface area contributed by atoms with E-state index in [-0.39, 0.29) is 17.5 Å².